The Morgan fingerprint density at radius 2 is 2.30 bits per heavy atom. The molecule has 20 heavy (non-hydrogen) atoms. The van der Waals surface area contributed by atoms with Crippen molar-refractivity contribution in [1.82, 2.24) is 9.78 Å². The maximum Gasteiger partial charge on any atom is 0.119 e. The lowest BCUT2D eigenvalue weighted by atomic mass is 10.1. The van der Waals surface area contributed by atoms with E-state index >= 15 is 0 Å². The second-order valence-electron chi connectivity index (χ2n) is 5.32. The lowest BCUT2D eigenvalue weighted by Crippen LogP contribution is -2.08. The van der Waals surface area contributed by atoms with E-state index in [2.05, 4.69) is 35.7 Å². The highest BCUT2D eigenvalue weighted by Gasteiger charge is 2.24. The lowest BCUT2D eigenvalue weighted by molar-refractivity contribution is 0.414. The Morgan fingerprint density at radius 1 is 1.45 bits per heavy atom. The fourth-order valence-corrected chi connectivity index (χ4v) is 2.96. The zero-order valence-electron chi connectivity index (χ0n) is 12.3. The summed E-state index contributed by atoms with van der Waals surface area (Å²) >= 11 is 0. The smallest absolute Gasteiger partial charge is 0.119 e. The Hall–Kier alpha value is -1.97. The van der Waals surface area contributed by atoms with E-state index in [4.69, 9.17) is 4.74 Å². The van der Waals surface area contributed by atoms with Crippen molar-refractivity contribution in [1.29, 1.82) is 0 Å². The van der Waals surface area contributed by atoms with E-state index in [1.165, 1.54) is 11.1 Å². The topological polar surface area (TPSA) is 39.1 Å². The van der Waals surface area contributed by atoms with E-state index in [-0.39, 0.29) is 0 Å². The van der Waals surface area contributed by atoms with Crippen molar-refractivity contribution >= 4 is 5.69 Å². The van der Waals surface area contributed by atoms with Gasteiger partial charge in [0, 0.05) is 13.2 Å². The van der Waals surface area contributed by atoms with Gasteiger partial charge >= 0.3 is 0 Å². The summed E-state index contributed by atoms with van der Waals surface area (Å²) in [7, 11) is 3.69. The third-order valence-electron chi connectivity index (χ3n) is 4.00. The third kappa shape index (κ3) is 2.26. The number of fused-ring (bicyclic) bond motifs is 1. The molecule has 106 valence electrons. The molecule has 0 radical (unpaired) electrons. The Bertz CT molecular complexity index is 618. The minimum atomic E-state index is 0.356. The van der Waals surface area contributed by atoms with Gasteiger partial charge in [-0.3, -0.25) is 4.68 Å². The van der Waals surface area contributed by atoms with Gasteiger partial charge in [-0.15, -0.1) is 0 Å². The summed E-state index contributed by atoms with van der Waals surface area (Å²) in [5.41, 5.74) is 5.06. The highest BCUT2D eigenvalue weighted by atomic mass is 16.5. The molecule has 0 bridgehead atoms. The number of hydrogen-bond acceptors (Lipinski definition) is 3. The van der Waals surface area contributed by atoms with Crippen molar-refractivity contribution in [2.24, 2.45) is 7.05 Å². The van der Waals surface area contributed by atoms with Crippen molar-refractivity contribution in [2.75, 3.05) is 12.4 Å². The molecular formula is C16H21N3O. The molecule has 0 saturated carbocycles. The number of hydrogen-bond donors (Lipinski definition) is 1. The van der Waals surface area contributed by atoms with Gasteiger partial charge in [0.1, 0.15) is 5.75 Å². The van der Waals surface area contributed by atoms with Crippen molar-refractivity contribution < 1.29 is 4.74 Å². The standard InChI is InChI=1S/C16H21N3O/c1-4-14-16(10-19(2)18-14)17-15-8-6-11-5-7-12(20-3)9-13(11)15/h5,7,9-10,15,17H,4,6,8H2,1-3H3. The van der Waals surface area contributed by atoms with Crippen LogP contribution >= 0.6 is 0 Å². The first-order chi connectivity index (χ1) is 9.71. The minimum Gasteiger partial charge on any atom is -0.497 e. The molecular weight excluding hydrogens is 250 g/mol. The minimum absolute atomic E-state index is 0.356. The van der Waals surface area contributed by atoms with Crippen molar-refractivity contribution in [2.45, 2.75) is 32.2 Å². The van der Waals surface area contributed by atoms with Crippen LogP contribution in [-0.2, 0) is 19.9 Å². The van der Waals surface area contributed by atoms with Gasteiger partial charge < -0.3 is 10.1 Å². The monoisotopic (exact) mass is 271 g/mol. The number of nitrogens with zero attached hydrogens (tertiary/aromatic N) is 2. The van der Waals surface area contributed by atoms with Crippen LogP contribution < -0.4 is 10.1 Å². The Labute approximate surface area is 119 Å². The normalized spacial score (nSPS) is 17.1. The molecule has 0 fully saturated rings. The molecule has 1 aliphatic carbocycles. The van der Waals surface area contributed by atoms with E-state index in [0.717, 1.165) is 36.4 Å². The second-order valence-corrected chi connectivity index (χ2v) is 5.32. The molecule has 1 aliphatic rings. The number of anilines is 1. The van der Waals surface area contributed by atoms with Crippen molar-refractivity contribution in [3.8, 4) is 5.75 Å². The highest BCUT2D eigenvalue weighted by molar-refractivity contribution is 5.51. The van der Waals surface area contributed by atoms with E-state index in [1.807, 2.05) is 17.8 Å². The van der Waals surface area contributed by atoms with E-state index < -0.39 is 0 Å². The van der Waals surface area contributed by atoms with Gasteiger partial charge in [0.2, 0.25) is 0 Å². The summed E-state index contributed by atoms with van der Waals surface area (Å²) in [5.74, 6) is 0.930. The van der Waals surface area contributed by atoms with Gasteiger partial charge in [0.05, 0.1) is 24.5 Å². The van der Waals surface area contributed by atoms with Gasteiger partial charge in [0.15, 0.2) is 0 Å². The van der Waals surface area contributed by atoms with Gasteiger partial charge in [-0.25, -0.2) is 0 Å². The maximum absolute atomic E-state index is 5.34. The SMILES string of the molecule is CCc1nn(C)cc1NC1CCc2ccc(OC)cc21. The summed E-state index contributed by atoms with van der Waals surface area (Å²) in [4.78, 5) is 0. The first-order valence-electron chi connectivity index (χ1n) is 7.17. The zero-order chi connectivity index (χ0) is 14.1. The molecule has 1 aromatic heterocycles. The molecule has 0 aliphatic heterocycles. The predicted octanol–water partition coefficient (Wildman–Crippen LogP) is 3.09. The molecule has 1 heterocycles. The number of methoxy groups -OCH3 is 1. The summed E-state index contributed by atoms with van der Waals surface area (Å²) in [5, 5.41) is 8.14. The summed E-state index contributed by atoms with van der Waals surface area (Å²) in [6.45, 7) is 2.14. The molecule has 1 aromatic carbocycles. The summed E-state index contributed by atoms with van der Waals surface area (Å²) in [6, 6.07) is 6.74. The Morgan fingerprint density at radius 3 is 3.05 bits per heavy atom. The summed E-state index contributed by atoms with van der Waals surface area (Å²) < 4.78 is 7.22. The van der Waals surface area contributed by atoms with Crippen LogP contribution in [-0.4, -0.2) is 16.9 Å². The fraction of sp³-hybridized carbons (Fsp3) is 0.438. The molecule has 1 unspecified atom stereocenters. The van der Waals surface area contributed by atoms with E-state index in [0.29, 0.717) is 6.04 Å². The fourth-order valence-electron chi connectivity index (χ4n) is 2.96. The number of benzene rings is 1. The number of ether oxygens (including phenoxy) is 1. The summed E-state index contributed by atoms with van der Waals surface area (Å²) in [6.07, 6.45) is 5.26. The molecule has 0 spiro atoms. The Balaban J connectivity index is 1.87. The molecule has 4 nitrogen and oxygen atoms in total. The third-order valence-corrected chi connectivity index (χ3v) is 4.00. The van der Waals surface area contributed by atoms with E-state index in [1.54, 1.807) is 7.11 Å². The highest BCUT2D eigenvalue weighted by Crippen LogP contribution is 2.36. The van der Waals surface area contributed by atoms with Gasteiger partial charge in [-0.2, -0.15) is 5.10 Å². The number of nitrogens with one attached hydrogen (secondary N) is 1. The van der Waals surface area contributed by atoms with Crippen LogP contribution in [0.5, 0.6) is 5.75 Å². The van der Waals surface area contributed by atoms with E-state index in [9.17, 15) is 0 Å². The van der Waals surface area contributed by atoms with Crippen LogP contribution in [0, 0.1) is 0 Å². The number of rotatable bonds is 4. The molecule has 0 saturated heterocycles. The van der Waals surface area contributed by atoms with Crippen molar-refractivity contribution in [3.05, 3.63) is 41.2 Å². The second kappa shape index (κ2) is 5.19. The van der Waals surface area contributed by atoms with Crippen LogP contribution in [0.2, 0.25) is 0 Å². The maximum atomic E-state index is 5.34. The largest absolute Gasteiger partial charge is 0.497 e. The average molecular weight is 271 g/mol. The van der Waals surface area contributed by atoms with Crippen LogP contribution in [0.4, 0.5) is 5.69 Å². The predicted molar refractivity (Wildman–Crippen MR) is 80.3 cm³/mol. The first kappa shape index (κ1) is 13.0. The molecule has 4 heteroatoms. The lowest BCUT2D eigenvalue weighted by Gasteiger charge is -2.15. The van der Waals surface area contributed by atoms with Crippen LogP contribution in [0.25, 0.3) is 0 Å². The number of aromatic nitrogens is 2. The molecule has 1 N–H and O–H groups in total. The van der Waals surface area contributed by atoms with Crippen LogP contribution in [0.15, 0.2) is 24.4 Å². The molecule has 2 aromatic rings. The van der Waals surface area contributed by atoms with Crippen LogP contribution in [0.3, 0.4) is 0 Å². The molecule has 3 rings (SSSR count). The van der Waals surface area contributed by atoms with Gasteiger partial charge in [-0.05, 0) is 42.5 Å². The first-order valence-corrected chi connectivity index (χ1v) is 7.17. The van der Waals surface area contributed by atoms with Crippen LogP contribution in [0.1, 0.15) is 36.2 Å². The van der Waals surface area contributed by atoms with Gasteiger partial charge in [-0.1, -0.05) is 13.0 Å². The average Bonchev–Trinajstić information content (AvgIpc) is 3.02. The van der Waals surface area contributed by atoms with Crippen molar-refractivity contribution in [3.63, 3.8) is 0 Å². The number of aryl methyl sites for hydroxylation is 3. The quantitative estimate of drug-likeness (QED) is 0.928. The molecule has 1 atom stereocenters. The zero-order valence-corrected chi connectivity index (χ0v) is 12.3. The molecule has 0 amide bonds. The Kier molecular flexibility index (Phi) is 3.38. The van der Waals surface area contributed by atoms with Gasteiger partial charge in [0.25, 0.3) is 0 Å².